The summed E-state index contributed by atoms with van der Waals surface area (Å²) in [7, 11) is 0. The predicted molar refractivity (Wildman–Crippen MR) is 70.6 cm³/mol. The molecule has 0 fully saturated rings. The van der Waals surface area contributed by atoms with E-state index in [1.165, 1.54) is 0 Å². The fourth-order valence-electron chi connectivity index (χ4n) is 1.61. The zero-order valence-corrected chi connectivity index (χ0v) is 10.6. The molecule has 0 aliphatic rings. The van der Waals surface area contributed by atoms with E-state index in [9.17, 15) is 4.79 Å². The van der Waals surface area contributed by atoms with Crippen LogP contribution in [0.2, 0.25) is 5.02 Å². The molecule has 1 aromatic carbocycles. The van der Waals surface area contributed by atoms with Crippen LogP contribution in [0.25, 0.3) is 11.1 Å². The second-order valence-corrected chi connectivity index (χ2v) is 4.06. The van der Waals surface area contributed by atoms with E-state index in [1.807, 2.05) is 18.2 Å². The lowest BCUT2D eigenvalue weighted by Crippen LogP contribution is -2.05. The maximum atomic E-state index is 11.7. The van der Waals surface area contributed by atoms with E-state index >= 15 is 0 Å². The minimum absolute atomic E-state index is 0.328. The first-order valence-corrected chi connectivity index (χ1v) is 5.97. The second-order valence-electron chi connectivity index (χ2n) is 3.65. The molecule has 0 aliphatic heterocycles. The molecule has 0 radical (unpaired) electrons. The Hall–Kier alpha value is -1.87. The number of hydrogen-bond acceptors (Lipinski definition) is 3. The SMILES string of the molecule is CCOC(=O)c1cc(-c2ccncc2)ccc1Cl. The van der Waals surface area contributed by atoms with Gasteiger partial charge in [-0.2, -0.15) is 0 Å². The fraction of sp³-hybridized carbons (Fsp3) is 0.143. The number of carbonyl (C=O) groups is 1. The van der Waals surface area contributed by atoms with Gasteiger partial charge in [0.05, 0.1) is 17.2 Å². The smallest absolute Gasteiger partial charge is 0.339 e. The number of ether oxygens (including phenoxy) is 1. The highest BCUT2D eigenvalue weighted by Crippen LogP contribution is 2.25. The van der Waals surface area contributed by atoms with Gasteiger partial charge in [-0.05, 0) is 42.3 Å². The number of aromatic nitrogens is 1. The molecule has 0 spiro atoms. The van der Waals surface area contributed by atoms with Gasteiger partial charge < -0.3 is 4.74 Å². The third kappa shape index (κ3) is 2.68. The maximum absolute atomic E-state index is 11.7. The molecule has 1 aromatic heterocycles. The van der Waals surface area contributed by atoms with Gasteiger partial charge in [-0.15, -0.1) is 0 Å². The molecule has 0 N–H and O–H groups in total. The zero-order chi connectivity index (χ0) is 13.0. The normalized spacial score (nSPS) is 10.1. The average Bonchev–Trinajstić information content (AvgIpc) is 2.40. The van der Waals surface area contributed by atoms with Crippen LogP contribution in [0.15, 0.2) is 42.7 Å². The summed E-state index contributed by atoms with van der Waals surface area (Å²) in [6.07, 6.45) is 3.40. The number of benzene rings is 1. The molecule has 0 bridgehead atoms. The first-order chi connectivity index (χ1) is 8.72. The number of pyridine rings is 1. The molecule has 92 valence electrons. The lowest BCUT2D eigenvalue weighted by molar-refractivity contribution is 0.0526. The fourth-order valence-corrected chi connectivity index (χ4v) is 1.81. The van der Waals surface area contributed by atoms with Crippen molar-refractivity contribution in [1.82, 2.24) is 4.98 Å². The van der Waals surface area contributed by atoms with Crippen LogP contribution in [-0.4, -0.2) is 17.6 Å². The van der Waals surface area contributed by atoms with Gasteiger partial charge in [0.25, 0.3) is 0 Å². The quantitative estimate of drug-likeness (QED) is 0.793. The monoisotopic (exact) mass is 261 g/mol. The topological polar surface area (TPSA) is 39.2 Å². The van der Waals surface area contributed by atoms with Crippen molar-refractivity contribution >= 4 is 17.6 Å². The number of hydrogen-bond donors (Lipinski definition) is 0. The molecule has 3 nitrogen and oxygen atoms in total. The average molecular weight is 262 g/mol. The van der Waals surface area contributed by atoms with Crippen molar-refractivity contribution in [2.24, 2.45) is 0 Å². The van der Waals surface area contributed by atoms with Crippen LogP contribution in [0.1, 0.15) is 17.3 Å². The van der Waals surface area contributed by atoms with Crippen LogP contribution in [0, 0.1) is 0 Å². The van der Waals surface area contributed by atoms with Gasteiger partial charge in [0.1, 0.15) is 0 Å². The Kier molecular flexibility index (Phi) is 3.95. The third-order valence-corrected chi connectivity index (χ3v) is 2.80. The molecule has 1 heterocycles. The van der Waals surface area contributed by atoms with Crippen LogP contribution >= 0.6 is 11.6 Å². The van der Waals surface area contributed by atoms with E-state index in [1.54, 1.807) is 31.5 Å². The summed E-state index contributed by atoms with van der Waals surface area (Å²) in [4.78, 5) is 15.7. The Labute approximate surface area is 110 Å². The van der Waals surface area contributed by atoms with Crippen LogP contribution in [0.4, 0.5) is 0 Å². The predicted octanol–water partition coefficient (Wildman–Crippen LogP) is 3.58. The minimum atomic E-state index is -0.404. The third-order valence-electron chi connectivity index (χ3n) is 2.48. The molecule has 4 heteroatoms. The summed E-state index contributed by atoms with van der Waals surface area (Å²) in [6, 6.07) is 9.04. The van der Waals surface area contributed by atoms with Crippen molar-refractivity contribution < 1.29 is 9.53 Å². The highest BCUT2D eigenvalue weighted by Gasteiger charge is 2.12. The van der Waals surface area contributed by atoms with Gasteiger partial charge in [0.2, 0.25) is 0 Å². The molecule has 0 saturated carbocycles. The van der Waals surface area contributed by atoms with E-state index < -0.39 is 5.97 Å². The van der Waals surface area contributed by atoms with Gasteiger partial charge in [-0.1, -0.05) is 17.7 Å². The number of nitrogens with zero attached hydrogens (tertiary/aromatic N) is 1. The van der Waals surface area contributed by atoms with Gasteiger partial charge >= 0.3 is 5.97 Å². The van der Waals surface area contributed by atoms with Gasteiger partial charge in [-0.25, -0.2) is 4.79 Å². The molecule has 0 aliphatic carbocycles. The van der Waals surface area contributed by atoms with Crippen molar-refractivity contribution in [2.45, 2.75) is 6.92 Å². The Morgan fingerprint density at radius 2 is 1.94 bits per heavy atom. The van der Waals surface area contributed by atoms with Gasteiger partial charge in [0, 0.05) is 12.4 Å². The molecular formula is C14H12ClNO2. The molecule has 0 atom stereocenters. The minimum Gasteiger partial charge on any atom is -0.462 e. The highest BCUT2D eigenvalue weighted by molar-refractivity contribution is 6.33. The molecule has 0 saturated heterocycles. The van der Waals surface area contributed by atoms with Crippen molar-refractivity contribution in [3.63, 3.8) is 0 Å². The molecule has 0 amide bonds. The van der Waals surface area contributed by atoms with E-state index in [2.05, 4.69) is 4.98 Å². The van der Waals surface area contributed by atoms with Crippen LogP contribution in [-0.2, 0) is 4.74 Å². The maximum Gasteiger partial charge on any atom is 0.339 e. The summed E-state index contributed by atoms with van der Waals surface area (Å²) in [5, 5.41) is 0.395. The number of halogens is 1. The number of carbonyl (C=O) groups excluding carboxylic acids is 1. The van der Waals surface area contributed by atoms with Gasteiger partial charge in [0.15, 0.2) is 0 Å². The molecule has 2 rings (SSSR count). The van der Waals surface area contributed by atoms with Crippen molar-refractivity contribution in [3.8, 4) is 11.1 Å². The lowest BCUT2D eigenvalue weighted by Gasteiger charge is -2.07. The first kappa shape index (κ1) is 12.6. The van der Waals surface area contributed by atoms with Crippen molar-refractivity contribution in [1.29, 1.82) is 0 Å². The molecule has 18 heavy (non-hydrogen) atoms. The van der Waals surface area contributed by atoms with E-state index in [0.717, 1.165) is 11.1 Å². The Morgan fingerprint density at radius 1 is 1.22 bits per heavy atom. The summed E-state index contributed by atoms with van der Waals surface area (Å²) in [5.74, 6) is -0.404. The van der Waals surface area contributed by atoms with Crippen LogP contribution < -0.4 is 0 Å². The second kappa shape index (κ2) is 5.65. The Morgan fingerprint density at radius 3 is 2.61 bits per heavy atom. The Balaban J connectivity index is 2.41. The molecular weight excluding hydrogens is 250 g/mol. The zero-order valence-electron chi connectivity index (χ0n) is 9.89. The molecule has 2 aromatic rings. The van der Waals surface area contributed by atoms with Crippen LogP contribution in [0.5, 0.6) is 0 Å². The lowest BCUT2D eigenvalue weighted by atomic mass is 10.0. The van der Waals surface area contributed by atoms with E-state index in [4.69, 9.17) is 16.3 Å². The summed E-state index contributed by atoms with van der Waals surface area (Å²) in [6.45, 7) is 2.09. The van der Waals surface area contributed by atoms with E-state index in [-0.39, 0.29) is 0 Å². The standard InChI is InChI=1S/C14H12ClNO2/c1-2-18-14(17)12-9-11(3-4-13(12)15)10-5-7-16-8-6-10/h3-9H,2H2,1H3. The van der Waals surface area contributed by atoms with E-state index in [0.29, 0.717) is 17.2 Å². The van der Waals surface area contributed by atoms with Crippen molar-refractivity contribution in [3.05, 3.63) is 53.3 Å². The highest BCUT2D eigenvalue weighted by atomic mass is 35.5. The first-order valence-electron chi connectivity index (χ1n) is 5.59. The summed E-state index contributed by atoms with van der Waals surface area (Å²) in [5.41, 5.74) is 2.27. The summed E-state index contributed by atoms with van der Waals surface area (Å²) < 4.78 is 4.96. The summed E-state index contributed by atoms with van der Waals surface area (Å²) >= 11 is 6.00. The number of rotatable bonds is 3. The van der Waals surface area contributed by atoms with Crippen molar-refractivity contribution in [2.75, 3.05) is 6.61 Å². The number of esters is 1. The van der Waals surface area contributed by atoms with Crippen LogP contribution in [0.3, 0.4) is 0 Å². The molecule has 0 unspecified atom stereocenters. The van der Waals surface area contributed by atoms with Gasteiger partial charge in [-0.3, -0.25) is 4.98 Å². The largest absolute Gasteiger partial charge is 0.462 e. The Bertz CT molecular complexity index is 555.